The van der Waals surface area contributed by atoms with Crippen LogP contribution in [-0.2, 0) is 11.3 Å². The summed E-state index contributed by atoms with van der Waals surface area (Å²) in [6, 6.07) is 7.55. The van der Waals surface area contributed by atoms with Crippen LogP contribution in [0, 0.1) is 20.8 Å². The number of aromatic nitrogens is 2. The molecule has 118 valence electrons. The first kappa shape index (κ1) is 15.4. The maximum atomic E-state index is 12.8. The molecule has 0 aliphatic rings. The second-order valence-electron chi connectivity index (χ2n) is 5.55. The predicted octanol–water partition coefficient (Wildman–Crippen LogP) is 3.13. The van der Waals surface area contributed by atoms with Gasteiger partial charge in [-0.1, -0.05) is 29.8 Å². The molecule has 1 aromatic carbocycles. The van der Waals surface area contributed by atoms with Crippen LogP contribution in [0.5, 0.6) is 0 Å². The molecule has 6 heteroatoms. The fourth-order valence-corrected chi connectivity index (χ4v) is 3.55. The van der Waals surface area contributed by atoms with Crippen LogP contribution in [0.3, 0.4) is 0 Å². The molecule has 0 radical (unpaired) electrons. The molecule has 3 aromatic rings. The third-order valence-electron chi connectivity index (χ3n) is 3.89. The summed E-state index contributed by atoms with van der Waals surface area (Å²) in [5.74, 6) is -0.669. The van der Waals surface area contributed by atoms with E-state index in [0.29, 0.717) is 16.0 Å². The lowest BCUT2D eigenvalue weighted by molar-refractivity contribution is -0.137. The number of nitrogens with zero attached hydrogens (tertiary/aromatic N) is 2. The van der Waals surface area contributed by atoms with Crippen molar-refractivity contribution in [1.82, 2.24) is 9.55 Å². The number of aliphatic carboxylic acids is 1. The summed E-state index contributed by atoms with van der Waals surface area (Å²) >= 11 is 1.46. The molecule has 0 aliphatic heterocycles. The Bertz CT molecular complexity index is 968. The summed E-state index contributed by atoms with van der Waals surface area (Å²) in [6.07, 6.45) is 0. The van der Waals surface area contributed by atoms with E-state index in [1.165, 1.54) is 15.9 Å². The first-order chi connectivity index (χ1) is 10.9. The zero-order chi connectivity index (χ0) is 16.7. The zero-order valence-corrected chi connectivity index (χ0v) is 13.9. The third-order valence-corrected chi connectivity index (χ3v) is 4.99. The van der Waals surface area contributed by atoms with E-state index in [4.69, 9.17) is 5.11 Å². The van der Waals surface area contributed by atoms with Crippen LogP contribution in [-0.4, -0.2) is 20.6 Å². The standard InChI is InChI=1S/C17H16N2O3S/c1-9-4-6-12(7-5-9)15-18-16-14(10(2)11(3)23-16)17(22)19(15)8-13(20)21/h4-7H,8H2,1-3H3,(H,20,21). The van der Waals surface area contributed by atoms with Gasteiger partial charge in [0, 0.05) is 10.4 Å². The molecular formula is C17H16N2O3S. The van der Waals surface area contributed by atoms with Gasteiger partial charge in [-0.05, 0) is 26.3 Å². The van der Waals surface area contributed by atoms with Gasteiger partial charge in [0.1, 0.15) is 17.2 Å². The van der Waals surface area contributed by atoms with E-state index in [9.17, 15) is 9.59 Å². The smallest absolute Gasteiger partial charge is 0.323 e. The van der Waals surface area contributed by atoms with Gasteiger partial charge in [0.25, 0.3) is 5.56 Å². The van der Waals surface area contributed by atoms with E-state index in [2.05, 4.69) is 4.98 Å². The largest absolute Gasteiger partial charge is 0.480 e. The molecule has 3 rings (SSSR count). The average molecular weight is 328 g/mol. The van der Waals surface area contributed by atoms with Crippen LogP contribution >= 0.6 is 11.3 Å². The number of hydrogen-bond donors (Lipinski definition) is 1. The summed E-state index contributed by atoms with van der Waals surface area (Å²) < 4.78 is 1.24. The fraction of sp³-hybridized carbons (Fsp3) is 0.235. The van der Waals surface area contributed by atoms with Gasteiger partial charge in [-0.25, -0.2) is 4.98 Å². The van der Waals surface area contributed by atoms with Gasteiger partial charge in [0.15, 0.2) is 0 Å². The Kier molecular flexibility index (Phi) is 3.77. The zero-order valence-electron chi connectivity index (χ0n) is 13.1. The quantitative estimate of drug-likeness (QED) is 0.802. The van der Waals surface area contributed by atoms with Crippen LogP contribution in [0.4, 0.5) is 0 Å². The molecule has 1 N–H and O–H groups in total. The van der Waals surface area contributed by atoms with Crippen molar-refractivity contribution in [2.75, 3.05) is 0 Å². The predicted molar refractivity (Wildman–Crippen MR) is 91.2 cm³/mol. The highest BCUT2D eigenvalue weighted by Crippen LogP contribution is 2.28. The molecule has 0 atom stereocenters. The minimum Gasteiger partial charge on any atom is -0.480 e. The molecule has 0 aliphatic carbocycles. The van der Waals surface area contributed by atoms with Crippen molar-refractivity contribution in [2.24, 2.45) is 0 Å². The Morgan fingerprint density at radius 1 is 1.22 bits per heavy atom. The van der Waals surface area contributed by atoms with E-state index in [1.807, 2.05) is 45.0 Å². The first-order valence-corrected chi connectivity index (χ1v) is 7.99. The van der Waals surface area contributed by atoms with Crippen molar-refractivity contribution in [3.63, 3.8) is 0 Å². The van der Waals surface area contributed by atoms with E-state index in [-0.39, 0.29) is 5.56 Å². The van der Waals surface area contributed by atoms with E-state index in [0.717, 1.165) is 21.6 Å². The topological polar surface area (TPSA) is 72.2 Å². The highest BCUT2D eigenvalue weighted by atomic mass is 32.1. The number of carboxylic acids is 1. The summed E-state index contributed by atoms with van der Waals surface area (Å²) in [4.78, 5) is 30.3. The second kappa shape index (κ2) is 5.62. The highest BCUT2D eigenvalue weighted by molar-refractivity contribution is 7.18. The third kappa shape index (κ3) is 2.66. The molecule has 23 heavy (non-hydrogen) atoms. The summed E-state index contributed by atoms with van der Waals surface area (Å²) in [7, 11) is 0. The van der Waals surface area contributed by atoms with Gasteiger partial charge >= 0.3 is 5.97 Å². The van der Waals surface area contributed by atoms with E-state index < -0.39 is 12.5 Å². The van der Waals surface area contributed by atoms with Crippen molar-refractivity contribution >= 4 is 27.5 Å². The van der Waals surface area contributed by atoms with Crippen molar-refractivity contribution in [3.8, 4) is 11.4 Å². The number of carbonyl (C=O) groups is 1. The molecule has 0 unspecified atom stereocenters. The fourth-order valence-electron chi connectivity index (χ4n) is 2.53. The van der Waals surface area contributed by atoms with E-state index in [1.54, 1.807) is 0 Å². The Labute approximate surface area is 136 Å². The number of benzene rings is 1. The molecular weight excluding hydrogens is 312 g/mol. The number of thiophene rings is 1. The molecule has 0 saturated carbocycles. The molecule has 0 fully saturated rings. The Hall–Kier alpha value is -2.47. The van der Waals surface area contributed by atoms with Gasteiger partial charge in [-0.2, -0.15) is 0 Å². The van der Waals surface area contributed by atoms with Crippen LogP contribution in [0.1, 0.15) is 16.0 Å². The molecule has 2 aromatic heterocycles. The Morgan fingerprint density at radius 2 is 1.87 bits per heavy atom. The average Bonchev–Trinajstić information content (AvgIpc) is 2.78. The van der Waals surface area contributed by atoms with Crippen LogP contribution < -0.4 is 5.56 Å². The summed E-state index contributed by atoms with van der Waals surface area (Å²) in [6.45, 7) is 5.37. The number of rotatable bonds is 3. The van der Waals surface area contributed by atoms with Crippen molar-refractivity contribution < 1.29 is 9.90 Å². The van der Waals surface area contributed by atoms with Crippen LogP contribution in [0.25, 0.3) is 21.6 Å². The van der Waals surface area contributed by atoms with Crippen LogP contribution in [0.15, 0.2) is 29.1 Å². The van der Waals surface area contributed by atoms with Gasteiger partial charge in [0.2, 0.25) is 0 Å². The lowest BCUT2D eigenvalue weighted by atomic mass is 10.1. The summed E-state index contributed by atoms with van der Waals surface area (Å²) in [5.41, 5.74) is 2.40. The SMILES string of the molecule is Cc1ccc(-c2nc3sc(C)c(C)c3c(=O)n2CC(=O)O)cc1. The van der Waals surface area contributed by atoms with Gasteiger partial charge in [0.05, 0.1) is 5.39 Å². The molecule has 0 bridgehead atoms. The maximum Gasteiger partial charge on any atom is 0.323 e. The van der Waals surface area contributed by atoms with E-state index >= 15 is 0 Å². The number of fused-ring (bicyclic) bond motifs is 1. The maximum absolute atomic E-state index is 12.8. The number of hydrogen-bond acceptors (Lipinski definition) is 4. The molecule has 2 heterocycles. The van der Waals surface area contributed by atoms with Crippen molar-refractivity contribution in [3.05, 3.63) is 50.6 Å². The van der Waals surface area contributed by atoms with Gasteiger partial charge in [-0.15, -0.1) is 11.3 Å². The highest BCUT2D eigenvalue weighted by Gasteiger charge is 2.18. The molecule has 0 spiro atoms. The van der Waals surface area contributed by atoms with Crippen molar-refractivity contribution in [1.29, 1.82) is 0 Å². The lowest BCUT2D eigenvalue weighted by Crippen LogP contribution is -2.26. The number of aryl methyl sites for hydroxylation is 3. The molecule has 5 nitrogen and oxygen atoms in total. The normalized spacial score (nSPS) is 11.1. The second-order valence-corrected chi connectivity index (χ2v) is 6.75. The Morgan fingerprint density at radius 3 is 2.48 bits per heavy atom. The lowest BCUT2D eigenvalue weighted by Gasteiger charge is -2.11. The van der Waals surface area contributed by atoms with Gasteiger partial charge in [-0.3, -0.25) is 14.2 Å². The molecule has 0 amide bonds. The number of carboxylic acid groups (broad SMARTS) is 1. The molecule has 0 saturated heterocycles. The monoisotopic (exact) mass is 328 g/mol. The van der Waals surface area contributed by atoms with Gasteiger partial charge < -0.3 is 5.11 Å². The minimum atomic E-state index is -1.06. The summed E-state index contributed by atoms with van der Waals surface area (Å²) in [5, 5.41) is 9.69. The van der Waals surface area contributed by atoms with Crippen molar-refractivity contribution in [2.45, 2.75) is 27.3 Å². The minimum absolute atomic E-state index is 0.296. The van der Waals surface area contributed by atoms with Crippen LogP contribution in [0.2, 0.25) is 0 Å². The first-order valence-electron chi connectivity index (χ1n) is 7.18. The Balaban J connectivity index is 2.37.